The fourth-order valence-electron chi connectivity index (χ4n) is 1.72. The summed E-state index contributed by atoms with van der Waals surface area (Å²) in [5.74, 6) is 0.0450. The van der Waals surface area contributed by atoms with Crippen LogP contribution in [0.1, 0.15) is 11.3 Å². The Morgan fingerprint density at radius 2 is 2.20 bits per heavy atom. The molecule has 0 spiro atoms. The third kappa shape index (κ3) is 2.90. The number of carbonyl (C=O) groups excluding carboxylic acids is 1. The summed E-state index contributed by atoms with van der Waals surface area (Å²) in [5.41, 5.74) is 0.162. The van der Waals surface area contributed by atoms with Crippen molar-refractivity contribution in [1.82, 2.24) is 9.55 Å². The number of nitrogens with one attached hydrogen (secondary N) is 1. The molecule has 0 aromatic carbocycles. The third-order valence-electron chi connectivity index (χ3n) is 2.75. The summed E-state index contributed by atoms with van der Waals surface area (Å²) in [6.45, 7) is 1.55. The Labute approximate surface area is 115 Å². The van der Waals surface area contributed by atoms with Gasteiger partial charge in [-0.1, -0.05) is 6.07 Å². The minimum Gasteiger partial charge on any atom is -0.309 e. The molecule has 0 atom stereocenters. The van der Waals surface area contributed by atoms with Gasteiger partial charge in [-0.05, 0) is 31.2 Å². The molecule has 1 N–H and O–H groups in total. The van der Waals surface area contributed by atoms with E-state index in [9.17, 15) is 9.59 Å². The van der Waals surface area contributed by atoms with Crippen molar-refractivity contribution < 1.29 is 4.79 Å². The molecule has 0 aliphatic rings. The molecule has 100 valence electrons. The first kappa shape index (κ1) is 13.5. The van der Waals surface area contributed by atoms with Gasteiger partial charge in [-0.15, -0.1) is 0 Å². The average molecular weight is 268 g/mol. The van der Waals surface area contributed by atoms with Gasteiger partial charge in [-0.2, -0.15) is 5.26 Å². The highest BCUT2D eigenvalue weighted by Crippen LogP contribution is 2.02. The van der Waals surface area contributed by atoms with Gasteiger partial charge < -0.3 is 9.88 Å². The Bertz CT molecular complexity index is 729. The number of pyridine rings is 2. The zero-order valence-electron chi connectivity index (χ0n) is 10.8. The van der Waals surface area contributed by atoms with Gasteiger partial charge in [0.2, 0.25) is 5.91 Å². The Morgan fingerprint density at radius 3 is 2.85 bits per heavy atom. The van der Waals surface area contributed by atoms with Crippen LogP contribution >= 0.6 is 0 Å². The van der Waals surface area contributed by atoms with Crippen LogP contribution in [0.15, 0.2) is 41.3 Å². The SMILES string of the molecule is Cc1ccc(C#N)c(=O)n1CC(=O)Nc1ccccn1. The highest BCUT2D eigenvalue weighted by Gasteiger charge is 2.10. The Morgan fingerprint density at radius 1 is 1.40 bits per heavy atom. The zero-order valence-corrected chi connectivity index (χ0v) is 10.8. The molecular weight excluding hydrogens is 256 g/mol. The number of carbonyl (C=O) groups is 1. The molecule has 6 heteroatoms. The predicted molar refractivity (Wildman–Crippen MR) is 73.0 cm³/mol. The smallest absolute Gasteiger partial charge is 0.269 e. The first-order valence-corrected chi connectivity index (χ1v) is 5.93. The monoisotopic (exact) mass is 268 g/mol. The van der Waals surface area contributed by atoms with Crippen LogP contribution < -0.4 is 10.9 Å². The largest absolute Gasteiger partial charge is 0.309 e. The first-order chi connectivity index (χ1) is 9.61. The number of amides is 1. The van der Waals surface area contributed by atoms with Crippen LogP contribution in [-0.4, -0.2) is 15.5 Å². The maximum absolute atomic E-state index is 12.0. The van der Waals surface area contributed by atoms with E-state index >= 15 is 0 Å². The fraction of sp³-hybridized carbons (Fsp3) is 0.143. The normalized spacial score (nSPS) is 9.80. The molecule has 0 saturated carbocycles. The summed E-state index contributed by atoms with van der Waals surface area (Å²) < 4.78 is 1.26. The number of nitrogens with zero attached hydrogens (tertiary/aromatic N) is 3. The van der Waals surface area contributed by atoms with Gasteiger partial charge in [0.05, 0.1) is 0 Å². The summed E-state index contributed by atoms with van der Waals surface area (Å²) in [6.07, 6.45) is 1.56. The van der Waals surface area contributed by atoms with E-state index in [2.05, 4.69) is 10.3 Å². The number of anilines is 1. The molecule has 0 saturated heterocycles. The fourth-order valence-corrected chi connectivity index (χ4v) is 1.72. The molecule has 6 nitrogen and oxygen atoms in total. The number of rotatable bonds is 3. The van der Waals surface area contributed by atoms with E-state index in [0.717, 1.165) is 0 Å². The molecule has 2 aromatic rings. The standard InChI is InChI=1S/C14H12N4O2/c1-10-5-6-11(8-15)14(20)18(10)9-13(19)17-12-4-2-3-7-16-12/h2-7H,9H2,1H3,(H,16,17,19). The highest BCUT2D eigenvalue weighted by atomic mass is 16.2. The van der Waals surface area contributed by atoms with E-state index in [4.69, 9.17) is 5.26 Å². The molecule has 0 unspecified atom stereocenters. The van der Waals surface area contributed by atoms with Gasteiger partial charge in [0, 0.05) is 11.9 Å². The zero-order chi connectivity index (χ0) is 14.5. The molecule has 0 bridgehead atoms. The average Bonchev–Trinajstić information content (AvgIpc) is 2.45. The summed E-state index contributed by atoms with van der Waals surface area (Å²) in [4.78, 5) is 27.8. The Hall–Kier alpha value is -2.94. The van der Waals surface area contributed by atoms with Crippen LogP contribution in [0.3, 0.4) is 0 Å². The highest BCUT2D eigenvalue weighted by molar-refractivity contribution is 5.89. The van der Waals surface area contributed by atoms with Crippen molar-refractivity contribution in [1.29, 1.82) is 5.26 Å². The van der Waals surface area contributed by atoms with Crippen molar-refractivity contribution in [3.05, 3.63) is 58.1 Å². The maximum atomic E-state index is 12.0. The number of hydrogen-bond acceptors (Lipinski definition) is 4. The summed E-state index contributed by atoms with van der Waals surface area (Å²) in [7, 11) is 0. The molecule has 20 heavy (non-hydrogen) atoms. The molecule has 0 aliphatic heterocycles. The summed E-state index contributed by atoms with van der Waals surface area (Å²) in [6, 6.07) is 10.0. The Kier molecular flexibility index (Phi) is 3.91. The summed E-state index contributed by atoms with van der Waals surface area (Å²) in [5, 5.41) is 11.4. The molecule has 2 heterocycles. The second-order valence-corrected chi connectivity index (χ2v) is 4.15. The van der Waals surface area contributed by atoms with E-state index in [1.54, 1.807) is 37.4 Å². The number of hydrogen-bond donors (Lipinski definition) is 1. The predicted octanol–water partition coefficient (Wildman–Crippen LogP) is 1.06. The lowest BCUT2D eigenvalue weighted by atomic mass is 10.2. The van der Waals surface area contributed by atoms with Crippen molar-refractivity contribution >= 4 is 11.7 Å². The van der Waals surface area contributed by atoms with E-state index in [-0.39, 0.29) is 18.0 Å². The molecule has 0 fully saturated rings. The summed E-state index contributed by atoms with van der Waals surface area (Å²) >= 11 is 0. The maximum Gasteiger partial charge on any atom is 0.269 e. The molecule has 0 radical (unpaired) electrons. The third-order valence-corrected chi connectivity index (χ3v) is 2.75. The van der Waals surface area contributed by atoms with Gasteiger partial charge in [0.15, 0.2) is 0 Å². The van der Waals surface area contributed by atoms with Crippen LogP contribution in [0.4, 0.5) is 5.82 Å². The van der Waals surface area contributed by atoms with E-state index < -0.39 is 5.56 Å². The second kappa shape index (κ2) is 5.80. The van der Waals surface area contributed by atoms with Gasteiger partial charge in [-0.25, -0.2) is 4.98 Å². The van der Waals surface area contributed by atoms with Crippen molar-refractivity contribution in [2.75, 3.05) is 5.32 Å². The second-order valence-electron chi connectivity index (χ2n) is 4.15. The quantitative estimate of drug-likeness (QED) is 0.901. The van der Waals surface area contributed by atoms with Crippen molar-refractivity contribution in [2.45, 2.75) is 13.5 Å². The van der Waals surface area contributed by atoms with Crippen LogP contribution in [-0.2, 0) is 11.3 Å². The van der Waals surface area contributed by atoms with Crippen LogP contribution in [0.5, 0.6) is 0 Å². The van der Waals surface area contributed by atoms with Crippen molar-refractivity contribution in [3.8, 4) is 6.07 Å². The molecule has 2 aromatic heterocycles. The van der Waals surface area contributed by atoms with E-state index in [0.29, 0.717) is 11.5 Å². The number of aromatic nitrogens is 2. The van der Waals surface area contributed by atoms with E-state index in [1.165, 1.54) is 10.6 Å². The van der Waals surface area contributed by atoms with Gasteiger partial charge >= 0.3 is 0 Å². The van der Waals surface area contributed by atoms with Crippen LogP contribution in [0, 0.1) is 18.3 Å². The van der Waals surface area contributed by atoms with E-state index in [1.807, 2.05) is 6.07 Å². The molecule has 2 rings (SSSR count). The minimum absolute atomic E-state index is 0.0150. The molecular formula is C14H12N4O2. The van der Waals surface area contributed by atoms with Crippen LogP contribution in [0.25, 0.3) is 0 Å². The van der Waals surface area contributed by atoms with Gasteiger partial charge in [0.1, 0.15) is 24.0 Å². The number of aryl methyl sites for hydroxylation is 1. The van der Waals surface area contributed by atoms with Gasteiger partial charge in [0.25, 0.3) is 5.56 Å². The van der Waals surface area contributed by atoms with Crippen molar-refractivity contribution in [2.24, 2.45) is 0 Å². The lowest BCUT2D eigenvalue weighted by Crippen LogP contribution is -2.30. The first-order valence-electron chi connectivity index (χ1n) is 5.93. The number of nitriles is 1. The lowest BCUT2D eigenvalue weighted by molar-refractivity contribution is -0.116. The molecule has 1 amide bonds. The van der Waals surface area contributed by atoms with Crippen molar-refractivity contribution in [3.63, 3.8) is 0 Å². The molecule has 0 aliphatic carbocycles. The Balaban J connectivity index is 2.21. The minimum atomic E-state index is -0.469. The van der Waals surface area contributed by atoms with Crippen LogP contribution in [0.2, 0.25) is 0 Å². The lowest BCUT2D eigenvalue weighted by Gasteiger charge is -2.10. The van der Waals surface area contributed by atoms with Gasteiger partial charge in [-0.3, -0.25) is 9.59 Å². The topological polar surface area (TPSA) is 87.8 Å².